The summed E-state index contributed by atoms with van der Waals surface area (Å²) in [4.78, 5) is 24.4. The Morgan fingerprint density at radius 2 is 2.10 bits per heavy atom. The average Bonchev–Trinajstić information content (AvgIpc) is 1.85. The summed E-state index contributed by atoms with van der Waals surface area (Å²) in [6.07, 6.45) is 1.57. The molecule has 10 heavy (non-hydrogen) atoms. The molecule has 56 valence electrons. The number of rotatable bonds is 3. The lowest BCUT2D eigenvalue weighted by atomic mass is 10.5. The SMILES string of the molecule is CONC(=O)C=CC(=O)O. The van der Waals surface area contributed by atoms with Gasteiger partial charge in [0.15, 0.2) is 0 Å². The number of aliphatic carboxylic acids is 1. The van der Waals surface area contributed by atoms with Crippen molar-refractivity contribution in [3.05, 3.63) is 12.2 Å². The highest BCUT2D eigenvalue weighted by atomic mass is 16.6. The number of nitrogens with one attached hydrogen (secondary N) is 1. The number of carbonyl (C=O) groups excluding carboxylic acids is 1. The Hall–Kier alpha value is -1.36. The molecular weight excluding hydrogens is 138 g/mol. The van der Waals surface area contributed by atoms with Gasteiger partial charge < -0.3 is 5.11 Å². The summed E-state index contributed by atoms with van der Waals surface area (Å²) in [5, 5.41) is 8.02. The fourth-order valence-corrected chi connectivity index (χ4v) is 0.282. The third kappa shape index (κ3) is 4.79. The van der Waals surface area contributed by atoms with Gasteiger partial charge in [0.1, 0.15) is 0 Å². The van der Waals surface area contributed by atoms with E-state index in [1.165, 1.54) is 7.11 Å². The lowest BCUT2D eigenvalue weighted by Crippen LogP contribution is -2.19. The smallest absolute Gasteiger partial charge is 0.328 e. The monoisotopic (exact) mass is 145 g/mol. The van der Waals surface area contributed by atoms with E-state index in [0.29, 0.717) is 6.08 Å². The Morgan fingerprint density at radius 3 is 2.50 bits per heavy atom. The van der Waals surface area contributed by atoms with Crippen LogP contribution in [0.25, 0.3) is 0 Å². The van der Waals surface area contributed by atoms with Crippen molar-refractivity contribution in [2.24, 2.45) is 0 Å². The number of hydroxylamine groups is 1. The third-order valence-corrected chi connectivity index (χ3v) is 0.580. The normalized spacial score (nSPS) is 9.70. The molecule has 0 radical (unpaired) electrons. The van der Waals surface area contributed by atoms with E-state index >= 15 is 0 Å². The maximum atomic E-state index is 10.4. The van der Waals surface area contributed by atoms with E-state index in [0.717, 1.165) is 6.08 Å². The molecule has 0 saturated heterocycles. The first-order valence-corrected chi connectivity index (χ1v) is 2.40. The number of hydrogen-bond acceptors (Lipinski definition) is 3. The van der Waals surface area contributed by atoms with Crippen molar-refractivity contribution in [1.82, 2.24) is 5.48 Å². The molecule has 0 aliphatic carbocycles. The molecular formula is C5H7NO4. The zero-order chi connectivity index (χ0) is 7.98. The second-order valence-electron chi connectivity index (χ2n) is 1.34. The highest BCUT2D eigenvalue weighted by Gasteiger charge is 1.92. The van der Waals surface area contributed by atoms with E-state index in [2.05, 4.69) is 4.84 Å². The molecule has 0 unspecified atom stereocenters. The molecule has 0 heterocycles. The van der Waals surface area contributed by atoms with E-state index in [-0.39, 0.29) is 0 Å². The first kappa shape index (κ1) is 8.64. The molecule has 5 heteroatoms. The van der Waals surface area contributed by atoms with Gasteiger partial charge in [-0.05, 0) is 0 Å². The summed E-state index contributed by atoms with van der Waals surface area (Å²) in [6, 6.07) is 0. The largest absolute Gasteiger partial charge is 0.478 e. The number of hydrogen-bond donors (Lipinski definition) is 2. The summed E-state index contributed by atoms with van der Waals surface area (Å²) in [5.41, 5.74) is 1.91. The van der Waals surface area contributed by atoms with Gasteiger partial charge in [-0.3, -0.25) is 9.63 Å². The van der Waals surface area contributed by atoms with Crippen LogP contribution in [0.15, 0.2) is 12.2 Å². The standard InChI is InChI=1S/C5H7NO4/c1-10-6-4(7)2-3-5(8)9/h2-3H,1H3,(H,6,7)(H,8,9). The molecule has 0 aliphatic heterocycles. The molecule has 0 fully saturated rings. The van der Waals surface area contributed by atoms with Gasteiger partial charge >= 0.3 is 5.97 Å². The molecule has 0 aromatic rings. The first-order valence-electron chi connectivity index (χ1n) is 2.40. The van der Waals surface area contributed by atoms with Crippen molar-refractivity contribution in [2.75, 3.05) is 7.11 Å². The fourth-order valence-electron chi connectivity index (χ4n) is 0.282. The molecule has 0 aromatic heterocycles. The third-order valence-electron chi connectivity index (χ3n) is 0.580. The van der Waals surface area contributed by atoms with Gasteiger partial charge in [0.2, 0.25) is 0 Å². The van der Waals surface area contributed by atoms with Gasteiger partial charge in [-0.25, -0.2) is 10.3 Å². The van der Waals surface area contributed by atoms with E-state index in [9.17, 15) is 9.59 Å². The van der Waals surface area contributed by atoms with Crippen LogP contribution < -0.4 is 5.48 Å². The van der Waals surface area contributed by atoms with Crippen molar-refractivity contribution < 1.29 is 19.5 Å². The summed E-state index contributed by atoms with van der Waals surface area (Å²) < 4.78 is 0. The van der Waals surface area contributed by atoms with Crippen molar-refractivity contribution in [3.8, 4) is 0 Å². The summed E-state index contributed by atoms with van der Waals surface area (Å²) in [5.74, 6) is -1.78. The van der Waals surface area contributed by atoms with Crippen LogP contribution >= 0.6 is 0 Å². The Kier molecular flexibility index (Phi) is 3.90. The van der Waals surface area contributed by atoms with Gasteiger partial charge in [0, 0.05) is 12.2 Å². The number of carboxylic acid groups (broad SMARTS) is 1. The maximum absolute atomic E-state index is 10.4. The molecule has 0 saturated carbocycles. The quantitative estimate of drug-likeness (QED) is 0.407. The van der Waals surface area contributed by atoms with Crippen LogP contribution in [0.2, 0.25) is 0 Å². The number of amides is 1. The molecule has 0 aliphatic rings. The molecule has 0 rings (SSSR count). The molecule has 5 nitrogen and oxygen atoms in total. The molecule has 1 amide bonds. The Morgan fingerprint density at radius 1 is 1.50 bits per heavy atom. The van der Waals surface area contributed by atoms with Gasteiger partial charge in [0.05, 0.1) is 7.11 Å². The van der Waals surface area contributed by atoms with Crippen LogP contribution in [0, 0.1) is 0 Å². The molecule has 0 aromatic carbocycles. The molecule has 0 spiro atoms. The average molecular weight is 145 g/mol. The van der Waals surface area contributed by atoms with Crippen molar-refractivity contribution in [1.29, 1.82) is 0 Å². The zero-order valence-electron chi connectivity index (χ0n) is 5.33. The van der Waals surface area contributed by atoms with Crippen LogP contribution in [0.4, 0.5) is 0 Å². The van der Waals surface area contributed by atoms with Crippen LogP contribution in [0.5, 0.6) is 0 Å². The maximum Gasteiger partial charge on any atom is 0.328 e. The Labute approximate surface area is 57.2 Å². The predicted molar refractivity (Wildman–Crippen MR) is 31.9 cm³/mol. The Balaban J connectivity index is 3.67. The van der Waals surface area contributed by atoms with E-state index in [1.807, 2.05) is 5.48 Å². The molecule has 2 N–H and O–H groups in total. The highest BCUT2D eigenvalue weighted by Crippen LogP contribution is 1.72. The summed E-state index contributed by atoms with van der Waals surface area (Å²) in [6.45, 7) is 0. The Bertz CT molecular complexity index is 163. The molecule has 0 bridgehead atoms. The van der Waals surface area contributed by atoms with Crippen molar-refractivity contribution in [3.63, 3.8) is 0 Å². The van der Waals surface area contributed by atoms with Gasteiger partial charge in [-0.1, -0.05) is 0 Å². The first-order chi connectivity index (χ1) is 4.66. The minimum atomic E-state index is -1.17. The van der Waals surface area contributed by atoms with E-state index in [4.69, 9.17) is 5.11 Å². The lowest BCUT2D eigenvalue weighted by Gasteiger charge is -1.92. The second-order valence-corrected chi connectivity index (χ2v) is 1.34. The number of carbonyl (C=O) groups is 2. The summed E-state index contributed by atoms with van der Waals surface area (Å²) >= 11 is 0. The summed E-state index contributed by atoms with van der Waals surface area (Å²) in [7, 11) is 1.26. The van der Waals surface area contributed by atoms with Crippen molar-refractivity contribution >= 4 is 11.9 Å². The topological polar surface area (TPSA) is 75.6 Å². The van der Waals surface area contributed by atoms with Gasteiger partial charge in [0.25, 0.3) is 5.91 Å². The van der Waals surface area contributed by atoms with Gasteiger partial charge in [-0.2, -0.15) is 0 Å². The van der Waals surface area contributed by atoms with Crippen LogP contribution in [-0.4, -0.2) is 24.1 Å². The molecule has 0 atom stereocenters. The minimum absolute atomic E-state index is 0.607. The highest BCUT2D eigenvalue weighted by molar-refractivity contribution is 5.93. The van der Waals surface area contributed by atoms with Crippen LogP contribution in [-0.2, 0) is 14.4 Å². The zero-order valence-corrected chi connectivity index (χ0v) is 5.33. The minimum Gasteiger partial charge on any atom is -0.478 e. The predicted octanol–water partition coefficient (Wildman–Crippen LogP) is -0.695. The lowest BCUT2D eigenvalue weighted by molar-refractivity contribution is -0.132. The van der Waals surface area contributed by atoms with Gasteiger partial charge in [-0.15, -0.1) is 0 Å². The second kappa shape index (κ2) is 4.51. The van der Waals surface area contributed by atoms with E-state index in [1.54, 1.807) is 0 Å². The number of carboxylic acids is 1. The van der Waals surface area contributed by atoms with Crippen LogP contribution in [0.1, 0.15) is 0 Å². The van der Waals surface area contributed by atoms with Crippen molar-refractivity contribution in [2.45, 2.75) is 0 Å². The fraction of sp³-hybridized carbons (Fsp3) is 0.200. The van der Waals surface area contributed by atoms with E-state index < -0.39 is 11.9 Å². The van der Waals surface area contributed by atoms with Crippen LogP contribution in [0.3, 0.4) is 0 Å².